The van der Waals surface area contributed by atoms with Crippen LogP contribution in [0.3, 0.4) is 0 Å². The number of para-hydroxylation sites is 1. The number of anilines is 1. The lowest BCUT2D eigenvalue weighted by molar-refractivity contribution is 0.0388. The van der Waals surface area contributed by atoms with Crippen molar-refractivity contribution in [3.63, 3.8) is 0 Å². The zero-order valence-electron chi connectivity index (χ0n) is 19.8. The summed E-state index contributed by atoms with van der Waals surface area (Å²) in [6.45, 7) is 4.68. The first kappa shape index (κ1) is 23.6. The SMILES string of the molecule is O=C(NCCN1CCOCC1)Nc1ccc(-c2cccc(Oc3cc(=O)[nH]c4ccccc34)c2)cc1. The van der Waals surface area contributed by atoms with E-state index < -0.39 is 0 Å². The Hall–Kier alpha value is -4.14. The molecule has 0 spiro atoms. The average Bonchev–Trinajstić information content (AvgIpc) is 2.90. The molecule has 0 bridgehead atoms. The van der Waals surface area contributed by atoms with Crippen molar-refractivity contribution in [1.82, 2.24) is 15.2 Å². The molecule has 0 saturated carbocycles. The number of carbonyl (C=O) groups is 1. The summed E-state index contributed by atoms with van der Waals surface area (Å²) in [5, 5.41) is 6.61. The second kappa shape index (κ2) is 11.1. The van der Waals surface area contributed by atoms with Gasteiger partial charge in [-0.1, -0.05) is 36.4 Å². The number of hydrogen-bond donors (Lipinski definition) is 3. The minimum absolute atomic E-state index is 0.215. The monoisotopic (exact) mass is 484 g/mol. The van der Waals surface area contributed by atoms with Crippen molar-refractivity contribution in [3.05, 3.63) is 89.2 Å². The zero-order chi connectivity index (χ0) is 24.7. The van der Waals surface area contributed by atoms with E-state index >= 15 is 0 Å². The molecule has 36 heavy (non-hydrogen) atoms. The molecule has 4 aromatic rings. The number of ether oxygens (including phenoxy) is 2. The first-order chi connectivity index (χ1) is 17.6. The van der Waals surface area contributed by atoms with Gasteiger partial charge in [0, 0.05) is 43.3 Å². The number of rotatable bonds is 7. The predicted molar refractivity (Wildman–Crippen MR) is 141 cm³/mol. The molecule has 0 atom stereocenters. The number of urea groups is 1. The molecule has 3 aromatic carbocycles. The highest BCUT2D eigenvalue weighted by Gasteiger charge is 2.11. The highest BCUT2D eigenvalue weighted by atomic mass is 16.5. The van der Waals surface area contributed by atoms with E-state index in [4.69, 9.17) is 9.47 Å². The molecule has 0 aliphatic carbocycles. The number of aromatic amines is 1. The molecule has 2 amide bonds. The van der Waals surface area contributed by atoms with Gasteiger partial charge in [0.15, 0.2) is 0 Å². The van der Waals surface area contributed by atoms with Crippen LogP contribution in [0.2, 0.25) is 0 Å². The van der Waals surface area contributed by atoms with Crippen LogP contribution in [0.25, 0.3) is 22.0 Å². The van der Waals surface area contributed by atoms with E-state index in [0.717, 1.165) is 54.9 Å². The molecule has 8 heteroatoms. The summed E-state index contributed by atoms with van der Waals surface area (Å²) in [5.41, 5.74) is 3.17. The quantitative estimate of drug-likeness (QED) is 0.360. The molecule has 0 unspecified atom stereocenters. The number of H-pyrrole nitrogens is 1. The van der Waals surface area contributed by atoms with Crippen molar-refractivity contribution in [3.8, 4) is 22.6 Å². The minimum atomic E-state index is -0.225. The Kier molecular flexibility index (Phi) is 7.25. The van der Waals surface area contributed by atoms with Gasteiger partial charge >= 0.3 is 6.03 Å². The fourth-order valence-corrected chi connectivity index (χ4v) is 4.20. The number of fused-ring (bicyclic) bond motifs is 1. The molecule has 1 fully saturated rings. The lowest BCUT2D eigenvalue weighted by Crippen LogP contribution is -2.42. The molecule has 184 valence electrons. The minimum Gasteiger partial charge on any atom is -0.456 e. The Balaban J connectivity index is 1.21. The zero-order valence-corrected chi connectivity index (χ0v) is 19.8. The third kappa shape index (κ3) is 5.91. The van der Waals surface area contributed by atoms with Crippen molar-refractivity contribution in [2.45, 2.75) is 0 Å². The highest BCUT2D eigenvalue weighted by molar-refractivity contribution is 5.89. The normalized spacial score (nSPS) is 13.9. The maximum Gasteiger partial charge on any atom is 0.319 e. The van der Waals surface area contributed by atoms with Crippen LogP contribution in [0, 0.1) is 0 Å². The van der Waals surface area contributed by atoms with Crippen LogP contribution in [0.4, 0.5) is 10.5 Å². The Morgan fingerprint density at radius 1 is 0.944 bits per heavy atom. The molecule has 8 nitrogen and oxygen atoms in total. The molecule has 1 aromatic heterocycles. The topological polar surface area (TPSA) is 95.7 Å². The lowest BCUT2D eigenvalue weighted by atomic mass is 10.1. The summed E-state index contributed by atoms with van der Waals surface area (Å²) >= 11 is 0. The maximum atomic E-state index is 12.2. The fraction of sp³-hybridized carbons (Fsp3) is 0.214. The summed E-state index contributed by atoms with van der Waals surface area (Å²) < 4.78 is 11.4. The maximum absolute atomic E-state index is 12.2. The van der Waals surface area contributed by atoms with Gasteiger partial charge in [0.1, 0.15) is 11.5 Å². The van der Waals surface area contributed by atoms with Crippen LogP contribution < -0.4 is 20.9 Å². The molecule has 1 saturated heterocycles. The molecule has 0 radical (unpaired) electrons. The number of nitrogens with zero attached hydrogens (tertiary/aromatic N) is 1. The van der Waals surface area contributed by atoms with Gasteiger partial charge in [-0.05, 0) is 47.5 Å². The van der Waals surface area contributed by atoms with E-state index in [-0.39, 0.29) is 11.6 Å². The van der Waals surface area contributed by atoms with Gasteiger partial charge < -0.3 is 25.1 Å². The van der Waals surface area contributed by atoms with Gasteiger partial charge in [-0.15, -0.1) is 0 Å². The summed E-state index contributed by atoms with van der Waals surface area (Å²) in [4.78, 5) is 29.4. The fourth-order valence-electron chi connectivity index (χ4n) is 4.20. The van der Waals surface area contributed by atoms with E-state index in [9.17, 15) is 9.59 Å². The first-order valence-electron chi connectivity index (χ1n) is 12.0. The number of morpholine rings is 1. The summed E-state index contributed by atoms with van der Waals surface area (Å²) in [5.74, 6) is 1.13. The van der Waals surface area contributed by atoms with Crippen LogP contribution >= 0.6 is 0 Å². The Bertz CT molecular complexity index is 1390. The highest BCUT2D eigenvalue weighted by Crippen LogP contribution is 2.30. The van der Waals surface area contributed by atoms with Crippen LogP contribution in [0.1, 0.15) is 0 Å². The van der Waals surface area contributed by atoms with Crippen molar-refractivity contribution >= 4 is 22.6 Å². The number of pyridine rings is 1. The van der Waals surface area contributed by atoms with Crippen molar-refractivity contribution < 1.29 is 14.3 Å². The van der Waals surface area contributed by atoms with E-state index in [0.29, 0.717) is 23.7 Å². The van der Waals surface area contributed by atoms with E-state index in [2.05, 4.69) is 20.5 Å². The second-order valence-electron chi connectivity index (χ2n) is 8.59. The smallest absolute Gasteiger partial charge is 0.319 e. The van der Waals surface area contributed by atoms with Crippen LogP contribution in [-0.2, 0) is 4.74 Å². The van der Waals surface area contributed by atoms with Crippen LogP contribution in [-0.4, -0.2) is 55.3 Å². The molecule has 2 heterocycles. The largest absolute Gasteiger partial charge is 0.456 e. The van der Waals surface area contributed by atoms with Gasteiger partial charge in [-0.2, -0.15) is 0 Å². The number of benzene rings is 3. The number of aromatic nitrogens is 1. The van der Waals surface area contributed by atoms with Gasteiger partial charge in [0.2, 0.25) is 0 Å². The van der Waals surface area contributed by atoms with Crippen LogP contribution in [0.5, 0.6) is 11.5 Å². The third-order valence-corrected chi connectivity index (χ3v) is 6.07. The predicted octanol–water partition coefficient (Wildman–Crippen LogP) is 4.44. The van der Waals surface area contributed by atoms with E-state index in [1.807, 2.05) is 72.8 Å². The Morgan fingerprint density at radius 2 is 1.75 bits per heavy atom. The third-order valence-electron chi connectivity index (χ3n) is 6.07. The summed E-state index contributed by atoms with van der Waals surface area (Å²) in [6.07, 6.45) is 0. The standard InChI is InChI=1S/C28H28N4O4/c33-27-19-26(24-6-1-2-7-25(24)31-27)36-23-5-3-4-21(18-23)20-8-10-22(11-9-20)30-28(34)29-12-13-32-14-16-35-17-15-32/h1-11,18-19H,12-17H2,(H,31,33)(H2,29,30,34). The van der Waals surface area contributed by atoms with E-state index in [1.54, 1.807) is 0 Å². The molecule has 1 aliphatic rings. The van der Waals surface area contributed by atoms with Gasteiger partial charge in [0.05, 0.1) is 18.7 Å². The molecule has 5 rings (SSSR count). The summed E-state index contributed by atoms with van der Waals surface area (Å²) in [6, 6.07) is 24.1. The molecule has 3 N–H and O–H groups in total. The van der Waals surface area contributed by atoms with Crippen LogP contribution in [0.15, 0.2) is 83.7 Å². The van der Waals surface area contributed by atoms with Crippen molar-refractivity contribution in [2.75, 3.05) is 44.7 Å². The Labute approximate surface area is 208 Å². The van der Waals surface area contributed by atoms with Gasteiger partial charge in [-0.25, -0.2) is 4.79 Å². The first-order valence-corrected chi connectivity index (χ1v) is 12.0. The van der Waals surface area contributed by atoms with Crippen molar-refractivity contribution in [1.29, 1.82) is 0 Å². The van der Waals surface area contributed by atoms with Gasteiger partial charge in [-0.3, -0.25) is 9.69 Å². The lowest BCUT2D eigenvalue weighted by Gasteiger charge is -2.26. The van der Waals surface area contributed by atoms with Crippen molar-refractivity contribution in [2.24, 2.45) is 0 Å². The molecular formula is C28H28N4O4. The Morgan fingerprint density at radius 3 is 2.58 bits per heavy atom. The van der Waals surface area contributed by atoms with Gasteiger partial charge in [0.25, 0.3) is 5.56 Å². The average molecular weight is 485 g/mol. The van der Waals surface area contributed by atoms with E-state index in [1.165, 1.54) is 6.07 Å². The number of carbonyl (C=O) groups excluding carboxylic acids is 1. The number of amides is 2. The molecule has 1 aliphatic heterocycles. The number of hydrogen-bond acceptors (Lipinski definition) is 5. The summed E-state index contributed by atoms with van der Waals surface area (Å²) in [7, 11) is 0. The number of nitrogens with one attached hydrogen (secondary N) is 3. The second-order valence-corrected chi connectivity index (χ2v) is 8.59. The molecular weight excluding hydrogens is 456 g/mol.